The molecule has 0 heterocycles. The number of phenolic OH excluding ortho intramolecular Hbond substituents is 1. The lowest BCUT2D eigenvalue weighted by molar-refractivity contribution is -0.153. The van der Waals surface area contributed by atoms with Crippen molar-refractivity contribution in [1.82, 2.24) is 4.90 Å². The summed E-state index contributed by atoms with van der Waals surface area (Å²) in [6.45, 7) is 0. The lowest BCUT2D eigenvalue weighted by Crippen LogP contribution is -2.65. The highest BCUT2D eigenvalue weighted by atomic mass is 35.5. The van der Waals surface area contributed by atoms with Crippen molar-refractivity contribution in [2.24, 2.45) is 17.6 Å². The summed E-state index contributed by atoms with van der Waals surface area (Å²) >= 11 is 6.25. The van der Waals surface area contributed by atoms with E-state index in [9.17, 15) is 34.8 Å². The molecule has 1 fully saturated rings. The molecule has 6 N–H and O–H groups in total. The van der Waals surface area contributed by atoms with Crippen LogP contribution in [0.2, 0.25) is 5.02 Å². The van der Waals surface area contributed by atoms with E-state index in [-0.39, 0.29) is 34.8 Å². The van der Waals surface area contributed by atoms with Gasteiger partial charge in [-0.15, -0.1) is 0 Å². The molecule has 0 bridgehead atoms. The number of carbonyl (C=O) groups is 3. The molecule has 4 atom stereocenters. The fourth-order valence-electron chi connectivity index (χ4n) is 5.21. The molecule has 4 rings (SSSR count). The Morgan fingerprint density at radius 3 is 2.45 bits per heavy atom. The first kappa shape index (κ1) is 21.4. The van der Waals surface area contributed by atoms with Crippen LogP contribution in [0, 0.1) is 11.8 Å². The van der Waals surface area contributed by atoms with E-state index in [0.29, 0.717) is 5.56 Å². The molecule has 164 valence electrons. The molecule has 0 aromatic heterocycles. The highest BCUT2D eigenvalue weighted by molar-refractivity contribution is 6.32. The Balaban J connectivity index is 1.99. The molecule has 31 heavy (non-hydrogen) atoms. The third-order valence-corrected chi connectivity index (χ3v) is 6.90. The van der Waals surface area contributed by atoms with Gasteiger partial charge in [-0.05, 0) is 50.6 Å². The van der Waals surface area contributed by atoms with Crippen LogP contribution in [0.25, 0.3) is 5.76 Å². The quantitative estimate of drug-likeness (QED) is 0.411. The van der Waals surface area contributed by atoms with Crippen molar-refractivity contribution in [2.75, 3.05) is 14.1 Å². The van der Waals surface area contributed by atoms with Crippen LogP contribution in [0.4, 0.5) is 0 Å². The van der Waals surface area contributed by atoms with Crippen LogP contribution in [0.1, 0.15) is 17.5 Å². The van der Waals surface area contributed by atoms with E-state index < -0.39 is 58.0 Å². The zero-order valence-corrected chi connectivity index (χ0v) is 17.5. The maximum absolute atomic E-state index is 13.5. The van der Waals surface area contributed by atoms with Crippen molar-refractivity contribution in [3.8, 4) is 5.75 Å². The molecule has 1 aromatic carbocycles. The van der Waals surface area contributed by atoms with Crippen LogP contribution >= 0.6 is 11.6 Å². The maximum Gasteiger partial charge on any atom is 0.255 e. The molecule has 10 heteroatoms. The van der Waals surface area contributed by atoms with Gasteiger partial charge >= 0.3 is 0 Å². The minimum atomic E-state index is -2.64. The molecule has 3 aliphatic rings. The number of phenols is 1. The first-order valence-electron chi connectivity index (χ1n) is 9.58. The number of nitrogens with two attached hydrogens (primary N) is 1. The summed E-state index contributed by atoms with van der Waals surface area (Å²) in [7, 11) is 3.09. The number of likely N-dealkylation sites (N-methyl/N-ethyl adjacent to an activating group) is 1. The number of aromatic hydroxyl groups is 1. The maximum atomic E-state index is 13.5. The van der Waals surface area contributed by atoms with Crippen molar-refractivity contribution in [3.63, 3.8) is 0 Å². The van der Waals surface area contributed by atoms with Gasteiger partial charge in [-0.3, -0.25) is 19.3 Å². The zero-order chi connectivity index (χ0) is 23.0. The number of hydrogen-bond donors (Lipinski definition) is 5. The van der Waals surface area contributed by atoms with Gasteiger partial charge in [0, 0.05) is 16.5 Å². The number of nitrogens with zero attached hydrogens (tertiary/aromatic N) is 1. The van der Waals surface area contributed by atoms with Crippen molar-refractivity contribution in [1.29, 1.82) is 0 Å². The van der Waals surface area contributed by atoms with Gasteiger partial charge in [0.05, 0.1) is 11.6 Å². The number of hydrogen-bond acceptors (Lipinski definition) is 8. The SMILES string of the molecule is CN(C)[C@@H]1C(=O)C(C(N)=O)=C(O)[C@@]2(O)C(=O)C3=C(O)c4c(O)ccc(Cl)c4CC3C[C@@H]12. The number of halogens is 1. The van der Waals surface area contributed by atoms with Crippen molar-refractivity contribution < 1.29 is 34.8 Å². The predicted octanol–water partition coefficient (Wildman–Crippen LogP) is 0.617. The number of fused-ring (bicyclic) bond motifs is 3. The number of ketones is 2. The van der Waals surface area contributed by atoms with Gasteiger partial charge in [0.25, 0.3) is 5.91 Å². The van der Waals surface area contributed by atoms with E-state index >= 15 is 0 Å². The Kier molecular flexibility index (Phi) is 4.69. The predicted molar refractivity (Wildman–Crippen MR) is 109 cm³/mol. The van der Waals surface area contributed by atoms with Gasteiger partial charge in [-0.1, -0.05) is 11.6 Å². The third kappa shape index (κ3) is 2.67. The fraction of sp³-hybridized carbons (Fsp3) is 0.381. The van der Waals surface area contributed by atoms with Crippen LogP contribution in [0.5, 0.6) is 5.75 Å². The van der Waals surface area contributed by atoms with Crippen LogP contribution in [-0.2, 0) is 20.8 Å². The molecule has 0 spiro atoms. The van der Waals surface area contributed by atoms with Crippen LogP contribution < -0.4 is 5.73 Å². The lowest BCUT2D eigenvalue weighted by atomic mass is 9.57. The van der Waals surface area contributed by atoms with Crippen molar-refractivity contribution in [3.05, 3.63) is 45.2 Å². The second kappa shape index (κ2) is 6.81. The minimum Gasteiger partial charge on any atom is -0.508 e. The van der Waals surface area contributed by atoms with Gasteiger partial charge in [0.2, 0.25) is 5.78 Å². The first-order chi connectivity index (χ1) is 14.4. The minimum absolute atomic E-state index is 0.0243. The average Bonchev–Trinajstić information content (AvgIpc) is 2.67. The van der Waals surface area contributed by atoms with Crippen molar-refractivity contribution in [2.45, 2.75) is 24.5 Å². The van der Waals surface area contributed by atoms with E-state index in [1.807, 2.05) is 0 Å². The van der Waals surface area contributed by atoms with Gasteiger partial charge in [0.1, 0.15) is 22.8 Å². The number of benzene rings is 1. The second-order valence-electron chi connectivity index (χ2n) is 8.38. The normalized spacial score (nSPS) is 30.3. The standard InChI is InChI=1S/C21H21ClN2O7/c1-24(2)15-9-6-7-5-8-10(22)3-4-11(25)13(8)16(26)12(7)18(28)21(9,31)19(29)14(17(15)27)20(23)30/h3-4,7,9,15,25-26,29,31H,5-6H2,1-2H3,(H2,23,30)/t7?,9-,15-,21-/m0/s1. The second-order valence-corrected chi connectivity index (χ2v) is 8.79. The van der Waals surface area contributed by atoms with Crippen LogP contribution in [0.3, 0.4) is 0 Å². The Labute approximate surface area is 182 Å². The van der Waals surface area contributed by atoms with Crippen LogP contribution in [0.15, 0.2) is 29.0 Å². The summed E-state index contributed by atoms with van der Waals surface area (Å²) in [6.07, 6.45) is 0.194. The number of carbonyl (C=O) groups excluding carboxylic acids is 3. The van der Waals surface area contributed by atoms with E-state index in [0.717, 1.165) is 0 Å². The van der Waals surface area contributed by atoms with E-state index in [1.54, 1.807) is 14.1 Å². The van der Waals surface area contributed by atoms with Gasteiger partial charge < -0.3 is 26.2 Å². The smallest absolute Gasteiger partial charge is 0.255 e. The summed E-state index contributed by atoms with van der Waals surface area (Å²) in [5.41, 5.74) is 2.00. The number of rotatable bonds is 2. The number of Topliss-reactive ketones (excluding diaryl/α,β-unsaturated/α-hetero) is 2. The molecular weight excluding hydrogens is 428 g/mol. The molecule has 3 aliphatic carbocycles. The Morgan fingerprint density at radius 2 is 1.87 bits per heavy atom. The third-order valence-electron chi connectivity index (χ3n) is 6.55. The molecule has 0 aliphatic heterocycles. The highest BCUT2D eigenvalue weighted by Gasteiger charge is 2.64. The largest absolute Gasteiger partial charge is 0.508 e. The van der Waals surface area contributed by atoms with E-state index in [2.05, 4.69) is 0 Å². The topological polar surface area (TPSA) is 161 Å². The molecule has 1 aromatic rings. The molecule has 0 saturated heterocycles. The Morgan fingerprint density at radius 1 is 1.23 bits per heavy atom. The van der Waals surface area contributed by atoms with Crippen molar-refractivity contribution >= 4 is 34.8 Å². The van der Waals surface area contributed by atoms with Gasteiger partial charge in [-0.2, -0.15) is 0 Å². The Bertz CT molecular complexity index is 1120. The summed E-state index contributed by atoms with van der Waals surface area (Å²) < 4.78 is 0. The molecular formula is C21H21ClN2O7. The van der Waals surface area contributed by atoms with Gasteiger partial charge in [-0.25, -0.2) is 0 Å². The highest BCUT2D eigenvalue weighted by Crippen LogP contribution is 2.53. The van der Waals surface area contributed by atoms with E-state index in [4.69, 9.17) is 17.3 Å². The summed E-state index contributed by atoms with van der Waals surface area (Å²) in [4.78, 5) is 39.8. The van der Waals surface area contributed by atoms with Gasteiger partial charge in [0.15, 0.2) is 11.4 Å². The monoisotopic (exact) mass is 448 g/mol. The zero-order valence-electron chi connectivity index (χ0n) is 16.7. The number of aliphatic hydroxyl groups excluding tert-OH is 2. The lowest BCUT2D eigenvalue weighted by Gasteiger charge is -2.50. The average molecular weight is 449 g/mol. The van der Waals surface area contributed by atoms with Crippen LogP contribution in [-0.4, -0.2) is 68.5 Å². The summed E-state index contributed by atoms with van der Waals surface area (Å²) in [5, 5.41) is 43.6. The molecule has 1 amide bonds. The molecule has 9 nitrogen and oxygen atoms in total. The fourth-order valence-corrected chi connectivity index (χ4v) is 5.44. The summed E-state index contributed by atoms with van der Waals surface area (Å²) in [6, 6.07) is 1.62. The van der Waals surface area contributed by atoms with E-state index in [1.165, 1.54) is 17.0 Å². The number of amides is 1. The summed E-state index contributed by atoms with van der Waals surface area (Å²) in [5.74, 6) is -6.83. The molecule has 1 unspecified atom stereocenters. The number of aliphatic hydroxyl groups is 3. The Hall–Kier alpha value is -2.88. The molecule has 1 saturated carbocycles. The number of primary amides is 1. The first-order valence-corrected chi connectivity index (χ1v) is 9.95. The molecule has 0 radical (unpaired) electrons.